The SMILES string of the molecule is COC(=O)CCNC(=O)N1CCC(c2nc3ccccc3[nH]2)CC1. The number of nitrogens with one attached hydrogen (secondary N) is 2. The maximum absolute atomic E-state index is 12.1. The lowest BCUT2D eigenvalue weighted by Gasteiger charge is -2.31. The number of benzene rings is 1. The molecule has 1 saturated heterocycles. The molecule has 128 valence electrons. The molecule has 2 amide bonds. The number of nitrogens with zero attached hydrogens (tertiary/aromatic N) is 2. The summed E-state index contributed by atoms with van der Waals surface area (Å²) < 4.78 is 4.55. The van der Waals surface area contributed by atoms with Crippen LogP contribution >= 0.6 is 0 Å². The Bertz CT molecular complexity index is 686. The number of aromatic nitrogens is 2. The number of carbonyl (C=O) groups is 2. The number of para-hydroxylation sites is 2. The van der Waals surface area contributed by atoms with Gasteiger partial charge in [0.1, 0.15) is 5.82 Å². The van der Waals surface area contributed by atoms with Crippen molar-refractivity contribution in [2.24, 2.45) is 0 Å². The fraction of sp³-hybridized carbons (Fsp3) is 0.471. The molecule has 1 aromatic heterocycles. The van der Waals surface area contributed by atoms with E-state index in [1.54, 1.807) is 4.90 Å². The number of aromatic amines is 1. The van der Waals surface area contributed by atoms with Crippen molar-refractivity contribution in [3.63, 3.8) is 0 Å². The summed E-state index contributed by atoms with van der Waals surface area (Å²) in [6.07, 6.45) is 1.95. The molecule has 0 aliphatic carbocycles. The van der Waals surface area contributed by atoms with Crippen LogP contribution in [0.15, 0.2) is 24.3 Å². The molecule has 0 radical (unpaired) electrons. The lowest BCUT2D eigenvalue weighted by Crippen LogP contribution is -2.44. The minimum absolute atomic E-state index is 0.123. The summed E-state index contributed by atoms with van der Waals surface area (Å²) in [5, 5.41) is 2.76. The summed E-state index contributed by atoms with van der Waals surface area (Å²) in [6.45, 7) is 1.67. The molecule has 1 aliphatic rings. The fourth-order valence-electron chi connectivity index (χ4n) is 3.01. The Morgan fingerprint density at radius 1 is 1.33 bits per heavy atom. The van der Waals surface area contributed by atoms with Crippen molar-refractivity contribution < 1.29 is 14.3 Å². The first kappa shape index (κ1) is 16.3. The molecule has 1 aliphatic heterocycles. The number of H-pyrrole nitrogens is 1. The summed E-state index contributed by atoms with van der Waals surface area (Å²) in [6, 6.07) is 7.87. The standard InChI is InChI=1S/C17H22N4O3/c1-24-15(22)6-9-18-17(23)21-10-7-12(8-11-21)16-19-13-4-2-3-5-14(13)20-16/h2-5,12H,6-11H2,1H3,(H,18,23)(H,19,20). The van der Waals surface area contributed by atoms with Gasteiger partial charge in [0.25, 0.3) is 0 Å². The number of esters is 1. The molecule has 1 aromatic carbocycles. The second-order valence-corrected chi connectivity index (χ2v) is 5.96. The van der Waals surface area contributed by atoms with Crippen LogP contribution in [0.2, 0.25) is 0 Å². The fourth-order valence-corrected chi connectivity index (χ4v) is 3.01. The molecule has 0 unspecified atom stereocenters. The average molecular weight is 330 g/mol. The van der Waals surface area contributed by atoms with Crippen molar-refractivity contribution in [2.75, 3.05) is 26.7 Å². The molecule has 2 aromatic rings. The van der Waals surface area contributed by atoms with E-state index in [4.69, 9.17) is 0 Å². The smallest absolute Gasteiger partial charge is 0.317 e. The lowest BCUT2D eigenvalue weighted by molar-refractivity contribution is -0.140. The van der Waals surface area contributed by atoms with Crippen LogP contribution < -0.4 is 5.32 Å². The van der Waals surface area contributed by atoms with E-state index in [1.165, 1.54) is 7.11 Å². The molecule has 0 atom stereocenters. The molecule has 0 spiro atoms. The second-order valence-electron chi connectivity index (χ2n) is 5.96. The van der Waals surface area contributed by atoms with Gasteiger partial charge < -0.3 is 19.9 Å². The largest absolute Gasteiger partial charge is 0.469 e. The zero-order valence-corrected chi connectivity index (χ0v) is 13.7. The van der Waals surface area contributed by atoms with Crippen molar-refractivity contribution in [3.8, 4) is 0 Å². The summed E-state index contributed by atoms with van der Waals surface area (Å²) in [5.74, 6) is 1.03. The number of carbonyl (C=O) groups excluding carboxylic acids is 2. The Labute approximate surface area is 140 Å². The molecule has 2 heterocycles. The van der Waals surface area contributed by atoms with E-state index in [1.807, 2.05) is 24.3 Å². The zero-order valence-electron chi connectivity index (χ0n) is 13.7. The first-order valence-electron chi connectivity index (χ1n) is 8.21. The summed E-state index contributed by atoms with van der Waals surface area (Å²) in [4.78, 5) is 33.0. The number of likely N-dealkylation sites (tertiary alicyclic amines) is 1. The van der Waals surface area contributed by atoms with Crippen LogP contribution in [0, 0.1) is 0 Å². The van der Waals surface area contributed by atoms with Crippen molar-refractivity contribution in [1.82, 2.24) is 20.2 Å². The number of hydrogen-bond acceptors (Lipinski definition) is 4. The van der Waals surface area contributed by atoms with Crippen LogP contribution in [0.25, 0.3) is 11.0 Å². The van der Waals surface area contributed by atoms with Gasteiger partial charge in [0.2, 0.25) is 0 Å². The predicted molar refractivity (Wildman–Crippen MR) is 89.7 cm³/mol. The number of fused-ring (bicyclic) bond motifs is 1. The number of piperidine rings is 1. The maximum Gasteiger partial charge on any atom is 0.317 e. The zero-order chi connectivity index (χ0) is 16.9. The number of ether oxygens (including phenoxy) is 1. The van der Waals surface area contributed by atoms with Gasteiger partial charge in [0, 0.05) is 25.6 Å². The van der Waals surface area contributed by atoms with Crippen molar-refractivity contribution in [1.29, 1.82) is 0 Å². The van der Waals surface area contributed by atoms with Gasteiger partial charge in [-0.25, -0.2) is 9.78 Å². The van der Waals surface area contributed by atoms with Gasteiger partial charge in [-0.3, -0.25) is 4.79 Å². The third-order valence-electron chi connectivity index (χ3n) is 4.41. The summed E-state index contributed by atoms with van der Waals surface area (Å²) in [5.41, 5.74) is 2.03. The van der Waals surface area contributed by atoms with Gasteiger partial charge in [-0.15, -0.1) is 0 Å². The molecular weight excluding hydrogens is 308 g/mol. The van der Waals surface area contributed by atoms with Crippen molar-refractivity contribution >= 4 is 23.0 Å². The average Bonchev–Trinajstić information content (AvgIpc) is 3.05. The highest BCUT2D eigenvalue weighted by molar-refractivity contribution is 5.76. The van der Waals surface area contributed by atoms with Crippen LogP contribution in [0.4, 0.5) is 4.79 Å². The Morgan fingerprint density at radius 2 is 2.08 bits per heavy atom. The lowest BCUT2D eigenvalue weighted by atomic mass is 9.96. The van der Waals surface area contributed by atoms with Crippen LogP contribution in [-0.2, 0) is 9.53 Å². The molecule has 24 heavy (non-hydrogen) atoms. The van der Waals surface area contributed by atoms with E-state index in [9.17, 15) is 9.59 Å². The molecular formula is C17H22N4O3. The van der Waals surface area contributed by atoms with Gasteiger partial charge in [-0.1, -0.05) is 12.1 Å². The first-order chi connectivity index (χ1) is 11.7. The van der Waals surface area contributed by atoms with Crippen molar-refractivity contribution in [3.05, 3.63) is 30.1 Å². The number of imidazole rings is 1. The van der Waals surface area contributed by atoms with E-state index in [0.717, 1.165) is 29.7 Å². The van der Waals surface area contributed by atoms with Crippen LogP contribution in [0.3, 0.4) is 0 Å². The predicted octanol–water partition coefficient (Wildman–Crippen LogP) is 2.02. The van der Waals surface area contributed by atoms with E-state index < -0.39 is 0 Å². The third-order valence-corrected chi connectivity index (χ3v) is 4.41. The van der Waals surface area contributed by atoms with Crippen molar-refractivity contribution in [2.45, 2.75) is 25.2 Å². The monoisotopic (exact) mass is 330 g/mol. The molecule has 3 rings (SSSR count). The maximum atomic E-state index is 12.1. The van der Waals surface area contributed by atoms with Crippen LogP contribution in [-0.4, -0.2) is 53.6 Å². The summed E-state index contributed by atoms with van der Waals surface area (Å²) >= 11 is 0. The Kier molecular flexibility index (Phi) is 4.98. The Balaban J connectivity index is 1.50. The number of urea groups is 1. The van der Waals surface area contributed by atoms with Gasteiger partial charge in [0.15, 0.2) is 0 Å². The third kappa shape index (κ3) is 3.67. The minimum Gasteiger partial charge on any atom is -0.469 e. The van der Waals surface area contributed by atoms with E-state index in [-0.39, 0.29) is 18.4 Å². The van der Waals surface area contributed by atoms with Crippen LogP contribution in [0.1, 0.15) is 31.0 Å². The van der Waals surface area contributed by atoms with E-state index in [0.29, 0.717) is 25.6 Å². The quantitative estimate of drug-likeness (QED) is 0.840. The molecule has 0 bridgehead atoms. The highest BCUT2D eigenvalue weighted by Crippen LogP contribution is 2.27. The van der Waals surface area contributed by atoms with Gasteiger partial charge >= 0.3 is 12.0 Å². The molecule has 0 saturated carbocycles. The normalized spacial score (nSPS) is 15.5. The van der Waals surface area contributed by atoms with Crippen LogP contribution in [0.5, 0.6) is 0 Å². The highest BCUT2D eigenvalue weighted by atomic mass is 16.5. The topological polar surface area (TPSA) is 87.3 Å². The number of amides is 2. The molecule has 1 fully saturated rings. The van der Waals surface area contributed by atoms with Gasteiger partial charge in [-0.05, 0) is 25.0 Å². The number of methoxy groups -OCH3 is 1. The second kappa shape index (κ2) is 7.33. The Morgan fingerprint density at radius 3 is 2.79 bits per heavy atom. The Hall–Kier alpha value is -2.57. The summed E-state index contributed by atoms with van der Waals surface area (Å²) in [7, 11) is 1.34. The first-order valence-corrected chi connectivity index (χ1v) is 8.21. The molecule has 2 N–H and O–H groups in total. The highest BCUT2D eigenvalue weighted by Gasteiger charge is 2.25. The van der Waals surface area contributed by atoms with E-state index >= 15 is 0 Å². The molecule has 7 nitrogen and oxygen atoms in total. The minimum atomic E-state index is -0.320. The van der Waals surface area contributed by atoms with Gasteiger partial charge in [-0.2, -0.15) is 0 Å². The number of hydrogen-bond donors (Lipinski definition) is 2. The molecule has 7 heteroatoms. The van der Waals surface area contributed by atoms with Gasteiger partial charge in [0.05, 0.1) is 24.6 Å². The van der Waals surface area contributed by atoms with E-state index in [2.05, 4.69) is 20.0 Å². The number of rotatable bonds is 4.